The second-order valence-corrected chi connectivity index (χ2v) is 4.21. The second-order valence-electron chi connectivity index (χ2n) is 3.69. The second kappa shape index (κ2) is 6.23. The van der Waals surface area contributed by atoms with Crippen LogP contribution in [0.15, 0.2) is 0 Å². The molecule has 0 aromatic carbocycles. The average Bonchev–Trinajstić information content (AvgIpc) is 2.43. The van der Waals surface area contributed by atoms with Crippen LogP contribution >= 0.6 is 11.6 Å². The molecule has 4 heteroatoms. The average molecular weight is 216 g/mol. The van der Waals surface area contributed by atoms with Gasteiger partial charge in [-0.15, -0.1) is 11.6 Å². The van der Waals surface area contributed by atoms with Crippen LogP contribution in [-0.4, -0.2) is 54.4 Å². The van der Waals surface area contributed by atoms with Crippen LogP contribution in [0.4, 0.5) is 0 Å². The zero-order chi connectivity index (χ0) is 10.4. The Labute approximate surface area is 91.2 Å². The van der Waals surface area contributed by atoms with E-state index >= 15 is 0 Å². The molecule has 1 aliphatic heterocycles. The van der Waals surface area contributed by atoms with Crippen LogP contribution in [0.3, 0.4) is 0 Å². The van der Waals surface area contributed by atoms with E-state index in [9.17, 15) is 0 Å². The highest BCUT2D eigenvalue weighted by Gasteiger charge is 2.15. The van der Waals surface area contributed by atoms with Crippen LogP contribution in [0.1, 0.15) is 13.3 Å². The summed E-state index contributed by atoms with van der Waals surface area (Å²) < 4.78 is 0. The smallest absolute Gasteiger partial charge is 0.133 e. The zero-order valence-corrected chi connectivity index (χ0v) is 9.50. The predicted octanol–water partition coefficient (Wildman–Crippen LogP) is 1.14. The highest BCUT2D eigenvalue weighted by molar-refractivity contribution is 6.22. The fraction of sp³-hybridized carbons (Fsp3) is 0.900. The third kappa shape index (κ3) is 3.83. The van der Waals surface area contributed by atoms with Crippen LogP contribution in [0.2, 0.25) is 0 Å². The lowest BCUT2D eigenvalue weighted by Gasteiger charge is -2.20. The monoisotopic (exact) mass is 215 g/mol. The summed E-state index contributed by atoms with van der Waals surface area (Å²) in [6, 6.07) is 2.07. The molecular formula is C10H18ClN3. The summed E-state index contributed by atoms with van der Waals surface area (Å²) in [6.45, 7) is 8.40. The Morgan fingerprint density at radius 1 is 1.29 bits per heavy atom. The molecule has 0 radical (unpaired) electrons. The SMILES string of the molecule is CCN1CCCN(CC(Cl)C#N)CC1. The van der Waals surface area contributed by atoms with Gasteiger partial charge in [0, 0.05) is 19.6 Å². The summed E-state index contributed by atoms with van der Waals surface area (Å²) in [5.74, 6) is 0. The quantitative estimate of drug-likeness (QED) is 0.662. The number of hydrogen-bond acceptors (Lipinski definition) is 3. The van der Waals surface area contributed by atoms with E-state index in [4.69, 9.17) is 16.9 Å². The Morgan fingerprint density at radius 2 is 1.93 bits per heavy atom. The minimum atomic E-state index is -0.358. The molecule has 14 heavy (non-hydrogen) atoms. The Bertz CT molecular complexity index is 202. The number of halogens is 1. The van der Waals surface area contributed by atoms with Crippen molar-refractivity contribution >= 4 is 11.6 Å². The summed E-state index contributed by atoms with van der Waals surface area (Å²) in [7, 11) is 0. The fourth-order valence-electron chi connectivity index (χ4n) is 1.79. The van der Waals surface area contributed by atoms with Gasteiger partial charge >= 0.3 is 0 Å². The van der Waals surface area contributed by atoms with Crippen LogP contribution in [0, 0.1) is 11.3 Å². The van der Waals surface area contributed by atoms with E-state index in [0.717, 1.165) is 26.2 Å². The molecule has 1 atom stereocenters. The molecule has 1 unspecified atom stereocenters. The van der Waals surface area contributed by atoms with Crippen molar-refractivity contribution in [2.45, 2.75) is 18.7 Å². The minimum Gasteiger partial charge on any atom is -0.302 e. The highest BCUT2D eigenvalue weighted by Crippen LogP contribution is 2.05. The molecule has 1 fully saturated rings. The van der Waals surface area contributed by atoms with Crippen molar-refractivity contribution in [3.63, 3.8) is 0 Å². The lowest BCUT2D eigenvalue weighted by Crippen LogP contribution is -2.34. The number of rotatable bonds is 3. The van der Waals surface area contributed by atoms with Gasteiger partial charge < -0.3 is 4.90 Å². The molecule has 0 aliphatic carbocycles. The standard InChI is InChI=1S/C10H18ClN3/c1-2-13-4-3-5-14(7-6-13)9-10(11)8-12/h10H,2-7,9H2,1H3. The largest absolute Gasteiger partial charge is 0.302 e. The van der Waals surface area contributed by atoms with Gasteiger partial charge in [-0.2, -0.15) is 5.26 Å². The van der Waals surface area contributed by atoms with E-state index in [-0.39, 0.29) is 5.38 Å². The van der Waals surface area contributed by atoms with Crippen molar-refractivity contribution in [1.82, 2.24) is 9.80 Å². The molecule has 0 spiro atoms. The molecule has 0 bridgehead atoms. The van der Waals surface area contributed by atoms with Crippen molar-refractivity contribution in [3.8, 4) is 6.07 Å². The number of nitriles is 1. The van der Waals surface area contributed by atoms with Gasteiger partial charge in [-0.25, -0.2) is 0 Å². The molecule has 0 aromatic heterocycles. The van der Waals surface area contributed by atoms with E-state index in [2.05, 4.69) is 22.8 Å². The number of alkyl halides is 1. The third-order valence-corrected chi connectivity index (χ3v) is 2.92. The maximum Gasteiger partial charge on any atom is 0.133 e. The summed E-state index contributed by atoms with van der Waals surface area (Å²) in [6.07, 6.45) is 1.18. The molecule has 1 saturated heterocycles. The Balaban J connectivity index is 2.31. The summed E-state index contributed by atoms with van der Waals surface area (Å²) in [4.78, 5) is 4.73. The molecule has 3 nitrogen and oxygen atoms in total. The molecule has 80 valence electrons. The van der Waals surface area contributed by atoms with Crippen molar-refractivity contribution in [1.29, 1.82) is 5.26 Å². The molecule has 1 heterocycles. The van der Waals surface area contributed by atoms with Gasteiger partial charge in [-0.05, 0) is 26.1 Å². The normalized spacial score (nSPS) is 22.6. The van der Waals surface area contributed by atoms with Gasteiger partial charge in [0.2, 0.25) is 0 Å². The van der Waals surface area contributed by atoms with E-state index in [0.29, 0.717) is 6.54 Å². The van der Waals surface area contributed by atoms with E-state index in [1.165, 1.54) is 13.0 Å². The molecule has 1 aliphatic rings. The Morgan fingerprint density at radius 3 is 2.57 bits per heavy atom. The first-order valence-electron chi connectivity index (χ1n) is 5.24. The lowest BCUT2D eigenvalue weighted by molar-refractivity contribution is 0.268. The van der Waals surface area contributed by atoms with Crippen molar-refractivity contribution < 1.29 is 0 Å². The van der Waals surface area contributed by atoms with Crippen LogP contribution in [0.5, 0.6) is 0 Å². The minimum absolute atomic E-state index is 0.358. The predicted molar refractivity (Wildman–Crippen MR) is 58.4 cm³/mol. The molecular weight excluding hydrogens is 198 g/mol. The Kier molecular flexibility index (Phi) is 5.24. The molecule has 0 aromatic rings. The zero-order valence-electron chi connectivity index (χ0n) is 8.75. The highest BCUT2D eigenvalue weighted by atomic mass is 35.5. The summed E-state index contributed by atoms with van der Waals surface area (Å²) >= 11 is 5.81. The van der Waals surface area contributed by atoms with Gasteiger partial charge in [0.15, 0.2) is 0 Å². The third-order valence-electron chi connectivity index (χ3n) is 2.69. The van der Waals surface area contributed by atoms with Gasteiger partial charge in [0.05, 0.1) is 6.07 Å². The number of likely N-dealkylation sites (N-methyl/N-ethyl adjacent to an activating group) is 1. The Hall–Kier alpha value is -0.300. The van der Waals surface area contributed by atoms with Crippen molar-refractivity contribution in [3.05, 3.63) is 0 Å². The molecule has 0 N–H and O–H groups in total. The first-order valence-corrected chi connectivity index (χ1v) is 5.68. The van der Waals surface area contributed by atoms with E-state index < -0.39 is 0 Å². The van der Waals surface area contributed by atoms with Gasteiger partial charge in [-0.3, -0.25) is 4.90 Å². The van der Waals surface area contributed by atoms with Crippen molar-refractivity contribution in [2.24, 2.45) is 0 Å². The lowest BCUT2D eigenvalue weighted by atomic mass is 10.3. The number of nitrogens with zero attached hydrogens (tertiary/aromatic N) is 3. The van der Waals surface area contributed by atoms with Gasteiger partial charge in [-0.1, -0.05) is 6.92 Å². The summed E-state index contributed by atoms with van der Waals surface area (Å²) in [5, 5.41) is 8.26. The maximum atomic E-state index is 8.61. The molecule has 0 saturated carbocycles. The van der Waals surface area contributed by atoms with Crippen LogP contribution in [0.25, 0.3) is 0 Å². The van der Waals surface area contributed by atoms with Crippen molar-refractivity contribution in [2.75, 3.05) is 39.3 Å². The van der Waals surface area contributed by atoms with Gasteiger partial charge in [0.25, 0.3) is 0 Å². The van der Waals surface area contributed by atoms with Gasteiger partial charge in [0.1, 0.15) is 5.38 Å². The first kappa shape index (κ1) is 11.8. The van der Waals surface area contributed by atoms with Crippen LogP contribution < -0.4 is 0 Å². The molecule has 0 amide bonds. The topological polar surface area (TPSA) is 30.3 Å². The summed E-state index contributed by atoms with van der Waals surface area (Å²) in [5.41, 5.74) is 0. The fourth-order valence-corrected chi connectivity index (χ4v) is 1.99. The number of hydrogen-bond donors (Lipinski definition) is 0. The maximum absolute atomic E-state index is 8.61. The first-order chi connectivity index (χ1) is 6.76. The van der Waals surface area contributed by atoms with Crippen LogP contribution in [-0.2, 0) is 0 Å². The van der Waals surface area contributed by atoms with E-state index in [1.807, 2.05) is 0 Å². The van der Waals surface area contributed by atoms with E-state index in [1.54, 1.807) is 0 Å². The molecule has 1 rings (SSSR count).